The van der Waals surface area contributed by atoms with Gasteiger partial charge in [0.2, 0.25) is 0 Å². The molecule has 0 unspecified atom stereocenters. The van der Waals surface area contributed by atoms with E-state index in [1.165, 1.54) is 12.1 Å². The number of hydrogen-bond donors (Lipinski definition) is 1. The Labute approximate surface area is 129 Å². The van der Waals surface area contributed by atoms with Gasteiger partial charge in [-0.15, -0.1) is 0 Å². The van der Waals surface area contributed by atoms with Crippen molar-refractivity contribution in [1.29, 1.82) is 0 Å². The Kier molecular flexibility index (Phi) is 4.02. The molecule has 0 radical (unpaired) electrons. The second kappa shape index (κ2) is 6.12. The van der Waals surface area contributed by atoms with E-state index in [-0.39, 0.29) is 5.82 Å². The number of hydrogen-bond acceptors (Lipinski definition) is 2. The van der Waals surface area contributed by atoms with Gasteiger partial charge in [0.1, 0.15) is 5.82 Å². The van der Waals surface area contributed by atoms with Gasteiger partial charge in [-0.1, -0.05) is 19.1 Å². The molecule has 0 aliphatic heterocycles. The maximum atomic E-state index is 13.1. The first-order chi connectivity index (χ1) is 10.7. The molecular weight excluding hydrogens is 277 g/mol. The van der Waals surface area contributed by atoms with Crippen molar-refractivity contribution in [3.8, 4) is 16.9 Å². The van der Waals surface area contributed by atoms with Crippen LogP contribution in [-0.4, -0.2) is 9.78 Å². The van der Waals surface area contributed by atoms with E-state index in [9.17, 15) is 4.39 Å². The molecule has 112 valence electrons. The lowest BCUT2D eigenvalue weighted by Crippen LogP contribution is -2.00. The molecule has 1 heterocycles. The molecule has 0 fully saturated rings. The van der Waals surface area contributed by atoms with Crippen molar-refractivity contribution in [2.45, 2.75) is 19.9 Å². The average Bonchev–Trinajstić information content (AvgIpc) is 3.00. The van der Waals surface area contributed by atoms with Crippen LogP contribution in [0.4, 0.5) is 4.39 Å². The number of rotatable bonds is 4. The molecule has 4 heteroatoms. The molecule has 0 saturated carbocycles. The van der Waals surface area contributed by atoms with Gasteiger partial charge in [0, 0.05) is 18.3 Å². The molecule has 0 bridgehead atoms. The van der Waals surface area contributed by atoms with E-state index in [4.69, 9.17) is 5.73 Å². The molecule has 1 aromatic heterocycles. The van der Waals surface area contributed by atoms with Gasteiger partial charge in [0.15, 0.2) is 0 Å². The lowest BCUT2D eigenvalue weighted by molar-refractivity contribution is 0.628. The van der Waals surface area contributed by atoms with Crippen LogP contribution in [0, 0.1) is 5.82 Å². The maximum absolute atomic E-state index is 13.1. The van der Waals surface area contributed by atoms with E-state index >= 15 is 0 Å². The molecule has 0 spiro atoms. The van der Waals surface area contributed by atoms with Gasteiger partial charge in [-0.05, 0) is 53.9 Å². The fourth-order valence-electron chi connectivity index (χ4n) is 2.48. The lowest BCUT2D eigenvalue weighted by atomic mass is 10.1. The van der Waals surface area contributed by atoms with Gasteiger partial charge in [-0.3, -0.25) is 0 Å². The Morgan fingerprint density at radius 2 is 1.91 bits per heavy atom. The van der Waals surface area contributed by atoms with Gasteiger partial charge in [0.05, 0.1) is 11.4 Å². The minimum absolute atomic E-state index is 0.239. The molecular formula is C18H18FN3. The Morgan fingerprint density at radius 3 is 2.59 bits per heavy atom. The standard InChI is InChI=1S/C18H18FN3/c1-2-14-12-22(17-5-3-4-13(10-17)11-20)21-18(14)15-6-8-16(19)9-7-15/h3-10,12H,2,11,20H2,1H3. The van der Waals surface area contributed by atoms with Crippen molar-refractivity contribution < 1.29 is 4.39 Å². The Hall–Kier alpha value is -2.46. The Balaban J connectivity index is 2.06. The SMILES string of the molecule is CCc1cn(-c2cccc(CN)c2)nc1-c1ccc(F)cc1. The minimum Gasteiger partial charge on any atom is -0.326 e. The van der Waals surface area contributed by atoms with Crippen LogP contribution < -0.4 is 5.73 Å². The topological polar surface area (TPSA) is 43.8 Å². The van der Waals surface area contributed by atoms with Crippen molar-refractivity contribution in [3.63, 3.8) is 0 Å². The predicted molar refractivity (Wildman–Crippen MR) is 86.2 cm³/mol. The van der Waals surface area contributed by atoms with Crippen LogP contribution in [0.25, 0.3) is 16.9 Å². The van der Waals surface area contributed by atoms with Crippen LogP contribution in [0.5, 0.6) is 0 Å². The van der Waals surface area contributed by atoms with Crippen molar-refractivity contribution in [2.75, 3.05) is 0 Å². The first-order valence-corrected chi connectivity index (χ1v) is 7.35. The zero-order chi connectivity index (χ0) is 15.5. The zero-order valence-corrected chi connectivity index (χ0v) is 12.5. The van der Waals surface area contributed by atoms with E-state index in [0.29, 0.717) is 6.54 Å². The van der Waals surface area contributed by atoms with E-state index in [0.717, 1.165) is 34.5 Å². The van der Waals surface area contributed by atoms with Crippen LogP contribution in [0.3, 0.4) is 0 Å². The summed E-state index contributed by atoms with van der Waals surface area (Å²) in [4.78, 5) is 0. The number of benzene rings is 2. The number of nitrogens with two attached hydrogens (primary N) is 1. The largest absolute Gasteiger partial charge is 0.326 e. The summed E-state index contributed by atoms with van der Waals surface area (Å²) in [7, 11) is 0. The normalized spacial score (nSPS) is 10.9. The Morgan fingerprint density at radius 1 is 1.14 bits per heavy atom. The summed E-state index contributed by atoms with van der Waals surface area (Å²) >= 11 is 0. The van der Waals surface area contributed by atoms with Crippen LogP contribution in [0.2, 0.25) is 0 Å². The van der Waals surface area contributed by atoms with Crippen molar-refractivity contribution in [1.82, 2.24) is 9.78 Å². The van der Waals surface area contributed by atoms with Gasteiger partial charge < -0.3 is 5.73 Å². The number of aromatic nitrogens is 2. The molecule has 22 heavy (non-hydrogen) atoms. The summed E-state index contributed by atoms with van der Waals surface area (Å²) in [5.41, 5.74) is 10.7. The highest BCUT2D eigenvalue weighted by Crippen LogP contribution is 2.24. The first kappa shape index (κ1) is 14.5. The number of nitrogens with zero attached hydrogens (tertiary/aromatic N) is 2. The third kappa shape index (κ3) is 2.78. The van der Waals surface area contributed by atoms with Crippen molar-refractivity contribution >= 4 is 0 Å². The highest BCUT2D eigenvalue weighted by molar-refractivity contribution is 5.63. The second-order valence-electron chi connectivity index (χ2n) is 5.18. The van der Waals surface area contributed by atoms with Crippen LogP contribution in [0.1, 0.15) is 18.1 Å². The minimum atomic E-state index is -0.239. The smallest absolute Gasteiger partial charge is 0.123 e. The second-order valence-corrected chi connectivity index (χ2v) is 5.18. The fraction of sp³-hybridized carbons (Fsp3) is 0.167. The summed E-state index contributed by atoms with van der Waals surface area (Å²) in [6.07, 6.45) is 2.89. The zero-order valence-electron chi connectivity index (χ0n) is 12.5. The van der Waals surface area contributed by atoms with E-state index < -0.39 is 0 Å². The molecule has 3 aromatic rings. The number of aryl methyl sites for hydroxylation is 1. The summed E-state index contributed by atoms with van der Waals surface area (Å²) in [5, 5.41) is 4.68. The predicted octanol–water partition coefficient (Wildman–Crippen LogP) is 3.70. The Bertz CT molecular complexity index is 775. The van der Waals surface area contributed by atoms with Crippen molar-refractivity contribution in [2.24, 2.45) is 5.73 Å². The van der Waals surface area contributed by atoms with Gasteiger partial charge in [-0.25, -0.2) is 9.07 Å². The lowest BCUT2D eigenvalue weighted by Gasteiger charge is -2.03. The quantitative estimate of drug-likeness (QED) is 0.797. The van der Waals surface area contributed by atoms with Crippen LogP contribution in [-0.2, 0) is 13.0 Å². The molecule has 3 nitrogen and oxygen atoms in total. The third-order valence-electron chi connectivity index (χ3n) is 3.70. The molecule has 0 aliphatic carbocycles. The fourth-order valence-corrected chi connectivity index (χ4v) is 2.48. The molecule has 0 amide bonds. The summed E-state index contributed by atoms with van der Waals surface area (Å²) < 4.78 is 15.0. The molecule has 3 rings (SSSR count). The van der Waals surface area contributed by atoms with Gasteiger partial charge in [-0.2, -0.15) is 5.10 Å². The van der Waals surface area contributed by atoms with Gasteiger partial charge in [0.25, 0.3) is 0 Å². The monoisotopic (exact) mass is 295 g/mol. The maximum Gasteiger partial charge on any atom is 0.123 e. The molecule has 2 N–H and O–H groups in total. The third-order valence-corrected chi connectivity index (χ3v) is 3.70. The average molecular weight is 295 g/mol. The number of halogens is 1. The highest BCUT2D eigenvalue weighted by atomic mass is 19.1. The highest BCUT2D eigenvalue weighted by Gasteiger charge is 2.11. The van der Waals surface area contributed by atoms with Crippen LogP contribution in [0.15, 0.2) is 54.7 Å². The van der Waals surface area contributed by atoms with Crippen LogP contribution >= 0.6 is 0 Å². The summed E-state index contributed by atoms with van der Waals surface area (Å²) in [6, 6.07) is 14.4. The molecule has 0 aliphatic rings. The molecule has 0 atom stereocenters. The summed E-state index contributed by atoms with van der Waals surface area (Å²) in [6.45, 7) is 2.59. The van der Waals surface area contributed by atoms with Crippen molar-refractivity contribution in [3.05, 3.63) is 71.7 Å². The van der Waals surface area contributed by atoms with E-state index in [2.05, 4.69) is 12.0 Å². The summed E-state index contributed by atoms with van der Waals surface area (Å²) in [5.74, 6) is -0.239. The van der Waals surface area contributed by atoms with Gasteiger partial charge >= 0.3 is 0 Å². The molecule has 0 saturated heterocycles. The van der Waals surface area contributed by atoms with E-state index in [1.54, 1.807) is 12.1 Å². The molecule has 2 aromatic carbocycles. The van der Waals surface area contributed by atoms with E-state index in [1.807, 2.05) is 35.1 Å². The first-order valence-electron chi connectivity index (χ1n) is 7.35.